The standard InChI is InChI=1S/C20H22ClN3O3/c1-13-4-5-14(2)17(10-13)23-18(25)12-24(3)19(26)11-22-20(27)15-6-8-16(21)9-7-15/h4-10H,11-12H2,1-3H3,(H,22,27)(H,23,25). The van der Waals surface area contributed by atoms with Crippen LogP contribution in [-0.4, -0.2) is 42.8 Å². The Morgan fingerprint density at radius 3 is 2.37 bits per heavy atom. The van der Waals surface area contributed by atoms with E-state index in [1.807, 2.05) is 32.0 Å². The van der Waals surface area contributed by atoms with Crippen LogP contribution in [0.5, 0.6) is 0 Å². The molecule has 27 heavy (non-hydrogen) atoms. The summed E-state index contributed by atoms with van der Waals surface area (Å²) in [6.07, 6.45) is 0. The van der Waals surface area contributed by atoms with Crippen molar-refractivity contribution >= 4 is 35.0 Å². The highest BCUT2D eigenvalue weighted by Crippen LogP contribution is 2.16. The number of rotatable bonds is 6. The van der Waals surface area contributed by atoms with E-state index in [1.54, 1.807) is 24.3 Å². The molecule has 0 fully saturated rings. The minimum absolute atomic E-state index is 0.108. The predicted octanol–water partition coefficient (Wildman–Crippen LogP) is 2.78. The van der Waals surface area contributed by atoms with E-state index in [1.165, 1.54) is 11.9 Å². The first-order chi connectivity index (χ1) is 12.8. The Kier molecular flexibility index (Phi) is 6.96. The van der Waals surface area contributed by atoms with Crippen LogP contribution in [0.1, 0.15) is 21.5 Å². The monoisotopic (exact) mass is 387 g/mol. The quantitative estimate of drug-likeness (QED) is 0.800. The summed E-state index contributed by atoms with van der Waals surface area (Å²) >= 11 is 5.78. The van der Waals surface area contributed by atoms with Crippen molar-refractivity contribution in [2.24, 2.45) is 0 Å². The minimum atomic E-state index is -0.381. The van der Waals surface area contributed by atoms with Crippen molar-refractivity contribution < 1.29 is 14.4 Å². The second-order valence-electron chi connectivity index (χ2n) is 6.31. The number of nitrogens with one attached hydrogen (secondary N) is 2. The zero-order valence-electron chi connectivity index (χ0n) is 15.5. The SMILES string of the molecule is Cc1ccc(C)c(NC(=O)CN(C)C(=O)CNC(=O)c2ccc(Cl)cc2)c1. The molecule has 0 radical (unpaired) electrons. The van der Waals surface area contributed by atoms with Crippen molar-refractivity contribution in [1.29, 1.82) is 0 Å². The Morgan fingerprint density at radius 1 is 1.04 bits per heavy atom. The van der Waals surface area contributed by atoms with Crippen molar-refractivity contribution in [3.8, 4) is 0 Å². The molecule has 2 aromatic carbocycles. The second-order valence-corrected chi connectivity index (χ2v) is 6.74. The fraction of sp³-hybridized carbons (Fsp3) is 0.250. The van der Waals surface area contributed by atoms with Gasteiger partial charge in [-0.05, 0) is 55.3 Å². The van der Waals surface area contributed by atoms with E-state index in [2.05, 4.69) is 10.6 Å². The van der Waals surface area contributed by atoms with Gasteiger partial charge in [0.05, 0.1) is 13.1 Å². The van der Waals surface area contributed by atoms with Gasteiger partial charge in [-0.25, -0.2) is 0 Å². The zero-order valence-corrected chi connectivity index (χ0v) is 16.3. The molecule has 0 aliphatic rings. The van der Waals surface area contributed by atoms with Crippen molar-refractivity contribution in [2.45, 2.75) is 13.8 Å². The molecule has 2 N–H and O–H groups in total. The largest absolute Gasteiger partial charge is 0.343 e. The van der Waals surface area contributed by atoms with Gasteiger partial charge >= 0.3 is 0 Å². The van der Waals surface area contributed by atoms with Gasteiger partial charge in [-0.1, -0.05) is 23.7 Å². The lowest BCUT2D eigenvalue weighted by Crippen LogP contribution is -2.41. The van der Waals surface area contributed by atoms with Crippen LogP contribution in [0.25, 0.3) is 0 Å². The summed E-state index contributed by atoms with van der Waals surface area (Å²) in [6, 6.07) is 12.1. The van der Waals surface area contributed by atoms with E-state index >= 15 is 0 Å². The smallest absolute Gasteiger partial charge is 0.251 e. The number of carbonyl (C=O) groups is 3. The lowest BCUT2D eigenvalue weighted by molar-refractivity contribution is -0.132. The van der Waals surface area contributed by atoms with Crippen molar-refractivity contribution in [3.05, 3.63) is 64.2 Å². The zero-order chi connectivity index (χ0) is 20.0. The van der Waals surface area contributed by atoms with Gasteiger partial charge in [-0.15, -0.1) is 0 Å². The molecule has 3 amide bonds. The Labute approximate surface area is 163 Å². The summed E-state index contributed by atoms with van der Waals surface area (Å²) in [5.74, 6) is -1.05. The van der Waals surface area contributed by atoms with Gasteiger partial charge < -0.3 is 15.5 Å². The molecule has 2 rings (SSSR count). The lowest BCUT2D eigenvalue weighted by Gasteiger charge is -2.18. The highest BCUT2D eigenvalue weighted by Gasteiger charge is 2.15. The van der Waals surface area contributed by atoms with Crippen molar-refractivity contribution in [3.63, 3.8) is 0 Å². The second kappa shape index (κ2) is 9.19. The predicted molar refractivity (Wildman–Crippen MR) is 106 cm³/mol. The van der Waals surface area contributed by atoms with Crippen LogP contribution in [0.4, 0.5) is 5.69 Å². The average Bonchev–Trinajstić information content (AvgIpc) is 2.62. The Morgan fingerprint density at radius 2 is 1.70 bits per heavy atom. The van der Waals surface area contributed by atoms with Gasteiger partial charge in [0.25, 0.3) is 5.91 Å². The van der Waals surface area contributed by atoms with Crippen LogP contribution in [0.3, 0.4) is 0 Å². The lowest BCUT2D eigenvalue weighted by atomic mass is 10.1. The summed E-state index contributed by atoms with van der Waals surface area (Å²) in [5, 5.41) is 5.86. The third-order valence-electron chi connectivity index (χ3n) is 3.98. The molecule has 0 aliphatic heterocycles. The molecule has 0 bridgehead atoms. The van der Waals surface area contributed by atoms with Gasteiger partial charge in [0.1, 0.15) is 0 Å². The third kappa shape index (κ3) is 6.11. The summed E-state index contributed by atoms with van der Waals surface area (Å²) in [7, 11) is 1.51. The first kappa shape index (κ1) is 20.5. The fourth-order valence-electron chi connectivity index (χ4n) is 2.36. The number of likely N-dealkylation sites (N-methyl/N-ethyl adjacent to an activating group) is 1. The maximum absolute atomic E-state index is 12.2. The number of carbonyl (C=O) groups excluding carboxylic acids is 3. The fourth-order valence-corrected chi connectivity index (χ4v) is 2.48. The van der Waals surface area contributed by atoms with Gasteiger partial charge in [0.2, 0.25) is 11.8 Å². The molecule has 7 heteroatoms. The number of amides is 3. The average molecular weight is 388 g/mol. The number of hydrogen-bond donors (Lipinski definition) is 2. The van der Waals surface area contributed by atoms with E-state index in [-0.39, 0.29) is 30.8 Å². The van der Waals surface area contributed by atoms with E-state index in [0.29, 0.717) is 10.6 Å². The molecule has 6 nitrogen and oxygen atoms in total. The molecule has 2 aromatic rings. The molecule has 142 valence electrons. The van der Waals surface area contributed by atoms with E-state index < -0.39 is 0 Å². The molecular formula is C20H22ClN3O3. The first-order valence-electron chi connectivity index (χ1n) is 8.41. The number of benzene rings is 2. The Hall–Kier alpha value is -2.86. The highest BCUT2D eigenvalue weighted by molar-refractivity contribution is 6.30. The van der Waals surface area contributed by atoms with Crippen LogP contribution < -0.4 is 10.6 Å². The van der Waals surface area contributed by atoms with Crippen molar-refractivity contribution in [1.82, 2.24) is 10.2 Å². The Bertz CT molecular complexity index is 850. The molecule has 0 heterocycles. The van der Waals surface area contributed by atoms with E-state index in [4.69, 9.17) is 11.6 Å². The number of halogens is 1. The summed E-state index contributed by atoms with van der Waals surface area (Å²) in [5.41, 5.74) is 3.10. The van der Waals surface area contributed by atoms with Crippen LogP contribution in [0, 0.1) is 13.8 Å². The number of hydrogen-bond acceptors (Lipinski definition) is 3. The van der Waals surface area contributed by atoms with Crippen molar-refractivity contribution in [2.75, 3.05) is 25.5 Å². The third-order valence-corrected chi connectivity index (χ3v) is 4.23. The van der Waals surface area contributed by atoms with Crippen LogP contribution >= 0.6 is 11.6 Å². The molecule has 0 saturated carbocycles. The van der Waals surface area contributed by atoms with Gasteiger partial charge in [-0.3, -0.25) is 14.4 Å². The molecule has 0 saturated heterocycles. The number of aryl methyl sites for hydroxylation is 2. The molecule has 0 atom stereocenters. The molecule has 0 unspecified atom stereocenters. The van der Waals surface area contributed by atoms with Gasteiger partial charge in [0, 0.05) is 23.3 Å². The van der Waals surface area contributed by atoms with Crippen LogP contribution in [0.15, 0.2) is 42.5 Å². The maximum Gasteiger partial charge on any atom is 0.251 e. The molecule has 0 aliphatic carbocycles. The van der Waals surface area contributed by atoms with E-state index in [9.17, 15) is 14.4 Å². The highest BCUT2D eigenvalue weighted by atomic mass is 35.5. The van der Waals surface area contributed by atoms with E-state index in [0.717, 1.165) is 16.8 Å². The normalized spacial score (nSPS) is 10.2. The number of nitrogens with zero attached hydrogens (tertiary/aromatic N) is 1. The van der Waals surface area contributed by atoms with Gasteiger partial charge in [-0.2, -0.15) is 0 Å². The topological polar surface area (TPSA) is 78.5 Å². The molecular weight excluding hydrogens is 366 g/mol. The minimum Gasteiger partial charge on any atom is -0.343 e. The van der Waals surface area contributed by atoms with Crippen LogP contribution in [0.2, 0.25) is 5.02 Å². The first-order valence-corrected chi connectivity index (χ1v) is 8.79. The van der Waals surface area contributed by atoms with Gasteiger partial charge in [0.15, 0.2) is 0 Å². The summed E-state index contributed by atoms with van der Waals surface area (Å²) < 4.78 is 0. The summed E-state index contributed by atoms with van der Waals surface area (Å²) in [6.45, 7) is 3.53. The summed E-state index contributed by atoms with van der Waals surface area (Å²) in [4.78, 5) is 37.6. The molecule has 0 aromatic heterocycles. The maximum atomic E-state index is 12.2. The van der Waals surface area contributed by atoms with Crippen LogP contribution in [-0.2, 0) is 9.59 Å². The Balaban J connectivity index is 1.84. The number of anilines is 1. The molecule has 0 spiro atoms.